The van der Waals surface area contributed by atoms with Crippen molar-refractivity contribution in [2.75, 3.05) is 25.1 Å². The molecule has 33 heavy (non-hydrogen) atoms. The molecule has 0 aromatic carbocycles. The van der Waals surface area contributed by atoms with Crippen LogP contribution in [0.2, 0.25) is 0 Å². The van der Waals surface area contributed by atoms with E-state index < -0.39 is 0 Å². The Morgan fingerprint density at radius 3 is 2.85 bits per heavy atom. The molecule has 4 heterocycles. The second kappa shape index (κ2) is 9.98. The van der Waals surface area contributed by atoms with Gasteiger partial charge < -0.3 is 10.1 Å². The molecule has 0 fully saturated rings. The van der Waals surface area contributed by atoms with E-state index in [4.69, 9.17) is 14.1 Å². The Morgan fingerprint density at radius 2 is 2.12 bits per heavy atom. The van der Waals surface area contributed by atoms with E-state index in [2.05, 4.69) is 52.2 Å². The summed E-state index contributed by atoms with van der Waals surface area (Å²) < 4.78 is 12.3. The maximum Gasteiger partial charge on any atom is 0.180 e. The van der Waals surface area contributed by atoms with Gasteiger partial charge in [0.25, 0.3) is 0 Å². The minimum Gasteiger partial charge on any atom is -0.382 e. The molecule has 0 saturated heterocycles. The summed E-state index contributed by atoms with van der Waals surface area (Å²) in [4.78, 5) is 11.7. The molecule has 9 nitrogen and oxygen atoms in total. The molecule has 0 radical (unpaired) electrons. The van der Waals surface area contributed by atoms with Crippen LogP contribution in [0.4, 0.5) is 10.8 Å². The van der Waals surface area contributed by atoms with Crippen molar-refractivity contribution in [3.8, 4) is 11.3 Å². The van der Waals surface area contributed by atoms with Crippen LogP contribution in [-0.4, -0.2) is 59.1 Å². The summed E-state index contributed by atoms with van der Waals surface area (Å²) in [7, 11) is 0. The fourth-order valence-electron chi connectivity index (χ4n) is 3.93. The first-order chi connectivity index (χ1) is 15.9. The van der Waals surface area contributed by atoms with Crippen LogP contribution in [0.15, 0.2) is 30.9 Å². The van der Waals surface area contributed by atoms with Crippen molar-refractivity contribution in [3.63, 3.8) is 0 Å². The highest BCUT2D eigenvalue weighted by Gasteiger charge is 2.26. The number of rotatable bonds is 11. The van der Waals surface area contributed by atoms with Crippen molar-refractivity contribution in [1.82, 2.24) is 33.8 Å². The summed E-state index contributed by atoms with van der Waals surface area (Å²) in [5.74, 6) is 0.712. The highest BCUT2D eigenvalue weighted by atomic mass is 32.1. The Balaban J connectivity index is 1.52. The predicted molar refractivity (Wildman–Crippen MR) is 132 cm³/mol. The molecule has 0 unspecified atom stereocenters. The number of imidazole rings is 1. The van der Waals surface area contributed by atoms with Crippen molar-refractivity contribution >= 4 is 28.0 Å². The Morgan fingerprint density at radius 1 is 1.27 bits per heavy atom. The fourth-order valence-corrected chi connectivity index (χ4v) is 4.59. The molecule has 0 atom stereocenters. The minimum atomic E-state index is 0.0325. The quantitative estimate of drug-likeness (QED) is 0.309. The first-order valence-electron chi connectivity index (χ1n) is 11.3. The van der Waals surface area contributed by atoms with Gasteiger partial charge in [0.15, 0.2) is 11.5 Å². The van der Waals surface area contributed by atoms with Gasteiger partial charge >= 0.3 is 0 Å². The summed E-state index contributed by atoms with van der Waals surface area (Å²) in [5.41, 5.74) is 4.67. The monoisotopic (exact) mass is 468 g/mol. The van der Waals surface area contributed by atoms with Crippen LogP contribution in [0.3, 0.4) is 0 Å². The Kier molecular flexibility index (Phi) is 7.06. The molecule has 0 aliphatic rings. The third-order valence-corrected chi connectivity index (χ3v) is 6.60. The van der Waals surface area contributed by atoms with E-state index in [1.165, 1.54) is 11.5 Å². The van der Waals surface area contributed by atoms with Gasteiger partial charge in [0.1, 0.15) is 5.00 Å². The first kappa shape index (κ1) is 23.3. The van der Waals surface area contributed by atoms with Gasteiger partial charge in [-0.2, -0.15) is 9.47 Å². The number of hydrogen-bond acceptors (Lipinski definition) is 8. The number of ether oxygens (including phenoxy) is 1. The minimum absolute atomic E-state index is 0.0325. The zero-order valence-corrected chi connectivity index (χ0v) is 20.7. The third kappa shape index (κ3) is 5.23. The number of hydrogen-bond donors (Lipinski definition) is 2. The van der Waals surface area contributed by atoms with Gasteiger partial charge in [-0.25, -0.2) is 9.97 Å². The van der Waals surface area contributed by atoms with E-state index >= 15 is 0 Å². The number of aromatic nitrogens is 6. The van der Waals surface area contributed by atoms with E-state index in [1.54, 1.807) is 6.20 Å². The third-order valence-electron chi connectivity index (χ3n) is 5.86. The molecule has 0 aliphatic heterocycles. The summed E-state index contributed by atoms with van der Waals surface area (Å²) in [6.45, 7) is 14.0. The standard InChI is InChI=1S/C23H32N8OS/c1-6-30(23(4,5)8-9-32-7-2)15-18-10-20(33-29-18)28-21-22-24-13-19(17-11-25-26-12-17)31(22)14-16(3)27-21/h10-14H,6-9,15H2,1-5H3,(H,25,26)(H,27,28). The van der Waals surface area contributed by atoms with Crippen LogP contribution in [-0.2, 0) is 11.3 Å². The Labute approximate surface area is 198 Å². The summed E-state index contributed by atoms with van der Waals surface area (Å²) >= 11 is 1.44. The summed E-state index contributed by atoms with van der Waals surface area (Å²) in [6.07, 6.45) is 8.45. The highest BCUT2D eigenvalue weighted by molar-refractivity contribution is 7.10. The van der Waals surface area contributed by atoms with Crippen LogP contribution < -0.4 is 5.32 Å². The maximum atomic E-state index is 5.58. The molecule has 0 amide bonds. The van der Waals surface area contributed by atoms with Crippen molar-refractivity contribution in [1.29, 1.82) is 0 Å². The van der Waals surface area contributed by atoms with Gasteiger partial charge in [0.2, 0.25) is 0 Å². The highest BCUT2D eigenvalue weighted by Crippen LogP contribution is 2.28. The lowest BCUT2D eigenvalue weighted by Crippen LogP contribution is -2.44. The van der Waals surface area contributed by atoms with Gasteiger partial charge in [-0.3, -0.25) is 14.4 Å². The molecule has 2 N–H and O–H groups in total. The van der Waals surface area contributed by atoms with Crippen LogP contribution in [0, 0.1) is 6.92 Å². The number of fused-ring (bicyclic) bond motifs is 1. The lowest BCUT2D eigenvalue weighted by atomic mass is 9.98. The molecule has 10 heteroatoms. The molecular formula is C23H32N8OS. The number of aromatic amines is 1. The molecule has 0 saturated carbocycles. The summed E-state index contributed by atoms with van der Waals surface area (Å²) in [5, 5.41) is 11.3. The van der Waals surface area contributed by atoms with Crippen molar-refractivity contribution < 1.29 is 4.74 Å². The van der Waals surface area contributed by atoms with Crippen molar-refractivity contribution in [3.05, 3.63) is 42.2 Å². The second-order valence-electron chi connectivity index (χ2n) is 8.64. The van der Waals surface area contributed by atoms with Gasteiger partial charge in [-0.05, 0) is 58.3 Å². The smallest absolute Gasteiger partial charge is 0.180 e. The van der Waals surface area contributed by atoms with Crippen LogP contribution >= 0.6 is 11.5 Å². The average molecular weight is 469 g/mol. The number of H-pyrrole nitrogens is 1. The largest absolute Gasteiger partial charge is 0.382 e. The van der Waals surface area contributed by atoms with Crippen LogP contribution in [0.1, 0.15) is 45.5 Å². The number of anilines is 2. The lowest BCUT2D eigenvalue weighted by molar-refractivity contribution is 0.0602. The van der Waals surface area contributed by atoms with Crippen LogP contribution in [0.25, 0.3) is 16.9 Å². The zero-order chi connectivity index (χ0) is 23.4. The van der Waals surface area contributed by atoms with E-state index in [-0.39, 0.29) is 5.54 Å². The molecule has 4 rings (SSSR count). The number of nitrogens with one attached hydrogen (secondary N) is 2. The molecule has 176 valence electrons. The van der Waals surface area contributed by atoms with Crippen LogP contribution in [0.5, 0.6) is 0 Å². The molecule has 0 spiro atoms. The van der Waals surface area contributed by atoms with E-state index in [9.17, 15) is 0 Å². The molecule has 4 aromatic heterocycles. The average Bonchev–Trinajstić information content (AvgIpc) is 3.52. The maximum absolute atomic E-state index is 5.58. The Bertz CT molecular complexity index is 1180. The SMILES string of the molecule is CCOCCC(C)(C)N(CC)Cc1cc(Nc2nc(C)cn3c(-c4cn[nH]c4)cnc23)sn1. The molecule has 0 bridgehead atoms. The second-order valence-corrected chi connectivity index (χ2v) is 9.44. The van der Waals surface area contributed by atoms with E-state index in [0.717, 1.165) is 66.0 Å². The van der Waals surface area contributed by atoms with Crippen molar-refractivity contribution in [2.45, 2.75) is 53.1 Å². The lowest BCUT2D eigenvalue weighted by Gasteiger charge is -2.37. The predicted octanol–water partition coefficient (Wildman–Crippen LogP) is 4.66. The van der Waals surface area contributed by atoms with Gasteiger partial charge in [0.05, 0.1) is 29.5 Å². The van der Waals surface area contributed by atoms with Crippen molar-refractivity contribution in [2.24, 2.45) is 0 Å². The molecular weight excluding hydrogens is 436 g/mol. The molecule has 4 aromatic rings. The Hall–Kier alpha value is -2.82. The number of nitrogens with zero attached hydrogens (tertiary/aromatic N) is 6. The molecule has 0 aliphatic carbocycles. The van der Waals surface area contributed by atoms with Gasteiger partial charge in [-0.1, -0.05) is 6.92 Å². The number of aryl methyl sites for hydroxylation is 1. The van der Waals surface area contributed by atoms with Gasteiger partial charge in [-0.15, -0.1) is 0 Å². The summed E-state index contributed by atoms with van der Waals surface area (Å²) in [6, 6.07) is 2.10. The van der Waals surface area contributed by atoms with E-state index in [0.29, 0.717) is 5.82 Å². The topological polar surface area (TPSA) is 96.3 Å². The first-order valence-corrected chi connectivity index (χ1v) is 12.1. The zero-order valence-electron chi connectivity index (χ0n) is 19.9. The fraction of sp³-hybridized carbons (Fsp3) is 0.478. The van der Waals surface area contributed by atoms with E-state index in [1.807, 2.05) is 36.8 Å². The van der Waals surface area contributed by atoms with Gasteiger partial charge in [0, 0.05) is 43.3 Å². The normalized spacial score (nSPS) is 12.2.